The number of fused-ring (bicyclic) bond motifs is 1. The zero-order valence-corrected chi connectivity index (χ0v) is 18.2. The molecule has 5 rings (SSSR count). The molecule has 0 unspecified atom stereocenters. The molecule has 2 aliphatic heterocycles. The fourth-order valence-corrected chi connectivity index (χ4v) is 4.82. The fourth-order valence-electron chi connectivity index (χ4n) is 4.82. The lowest BCUT2D eigenvalue weighted by atomic mass is 9.97. The summed E-state index contributed by atoms with van der Waals surface area (Å²) in [6, 6.07) is 15.2. The van der Waals surface area contributed by atoms with E-state index in [-0.39, 0.29) is 0 Å². The highest BCUT2D eigenvalue weighted by molar-refractivity contribution is 5.96. The van der Waals surface area contributed by atoms with E-state index in [1.807, 2.05) is 18.3 Å². The van der Waals surface area contributed by atoms with E-state index in [2.05, 4.69) is 59.0 Å². The van der Waals surface area contributed by atoms with Gasteiger partial charge in [0.25, 0.3) is 0 Å². The highest BCUT2D eigenvalue weighted by Crippen LogP contribution is 2.35. The van der Waals surface area contributed by atoms with Gasteiger partial charge >= 0.3 is 0 Å². The number of rotatable bonds is 3. The maximum absolute atomic E-state index is 5.01. The Morgan fingerprint density at radius 3 is 2.13 bits per heavy atom. The van der Waals surface area contributed by atoms with Gasteiger partial charge in [0, 0.05) is 49.1 Å². The van der Waals surface area contributed by atoms with Crippen LogP contribution in [0.2, 0.25) is 0 Å². The zero-order chi connectivity index (χ0) is 20.5. The molecule has 3 aromatic rings. The molecule has 156 valence electrons. The van der Waals surface area contributed by atoms with Crippen LogP contribution in [0.1, 0.15) is 39.5 Å². The van der Waals surface area contributed by atoms with Gasteiger partial charge in [0.1, 0.15) is 0 Å². The molecule has 2 aliphatic rings. The Morgan fingerprint density at radius 1 is 0.767 bits per heavy atom. The third-order valence-electron chi connectivity index (χ3n) is 6.97. The largest absolute Gasteiger partial charge is 0.371 e. The second kappa shape index (κ2) is 8.25. The summed E-state index contributed by atoms with van der Waals surface area (Å²) in [4.78, 5) is 14.7. The molecule has 4 heteroatoms. The minimum atomic E-state index is 0.815. The van der Waals surface area contributed by atoms with Gasteiger partial charge < -0.3 is 9.80 Å². The summed E-state index contributed by atoms with van der Waals surface area (Å²) in [6.07, 6.45) is 6.93. The molecule has 4 heterocycles. The summed E-state index contributed by atoms with van der Waals surface area (Å²) in [6.45, 7) is 9.29. The molecule has 2 saturated heterocycles. The van der Waals surface area contributed by atoms with Gasteiger partial charge in [-0.3, -0.25) is 4.98 Å². The van der Waals surface area contributed by atoms with Crippen LogP contribution in [0.25, 0.3) is 22.3 Å². The third kappa shape index (κ3) is 3.88. The molecule has 0 amide bonds. The van der Waals surface area contributed by atoms with E-state index in [1.165, 1.54) is 42.4 Å². The van der Waals surface area contributed by atoms with E-state index in [0.29, 0.717) is 0 Å². The molecule has 2 fully saturated rings. The van der Waals surface area contributed by atoms with Crippen molar-refractivity contribution in [1.29, 1.82) is 0 Å². The minimum Gasteiger partial charge on any atom is -0.371 e. The van der Waals surface area contributed by atoms with E-state index in [9.17, 15) is 0 Å². The Kier molecular flexibility index (Phi) is 5.32. The zero-order valence-electron chi connectivity index (χ0n) is 18.2. The van der Waals surface area contributed by atoms with Crippen LogP contribution in [-0.2, 0) is 0 Å². The maximum atomic E-state index is 5.01. The summed E-state index contributed by atoms with van der Waals surface area (Å²) >= 11 is 0. The number of pyridine rings is 2. The molecule has 4 nitrogen and oxygen atoms in total. The maximum Gasteiger partial charge on any atom is 0.0914 e. The predicted molar refractivity (Wildman–Crippen MR) is 126 cm³/mol. The van der Waals surface area contributed by atoms with Crippen molar-refractivity contribution in [2.75, 3.05) is 36.0 Å². The van der Waals surface area contributed by atoms with Gasteiger partial charge in [-0.2, -0.15) is 0 Å². The number of hydrogen-bond donors (Lipinski definition) is 0. The normalized spacial score (nSPS) is 18.9. The first-order valence-corrected chi connectivity index (χ1v) is 11.5. The lowest BCUT2D eigenvalue weighted by molar-refractivity contribution is 0.438. The van der Waals surface area contributed by atoms with Crippen LogP contribution in [0.4, 0.5) is 11.4 Å². The van der Waals surface area contributed by atoms with Crippen LogP contribution < -0.4 is 9.80 Å². The highest BCUT2D eigenvalue weighted by Gasteiger charge is 2.21. The van der Waals surface area contributed by atoms with Crippen LogP contribution in [0.15, 0.2) is 48.7 Å². The Balaban J connectivity index is 1.58. The average molecular weight is 401 g/mol. The van der Waals surface area contributed by atoms with Crippen molar-refractivity contribution >= 4 is 22.3 Å². The molecule has 2 aromatic heterocycles. The topological polar surface area (TPSA) is 32.3 Å². The quantitative estimate of drug-likeness (QED) is 0.559. The number of hydrogen-bond acceptors (Lipinski definition) is 4. The summed E-state index contributed by atoms with van der Waals surface area (Å²) in [5, 5.41) is 1.28. The molecule has 30 heavy (non-hydrogen) atoms. The third-order valence-corrected chi connectivity index (χ3v) is 6.97. The van der Waals surface area contributed by atoms with E-state index < -0.39 is 0 Å². The van der Waals surface area contributed by atoms with Crippen molar-refractivity contribution < 1.29 is 0 Å². The minimum absolute atomic E-state index is 0.815. The fraction of sp³-hybridized carbons (Fsp3) is 0.462. The Labute approximate surface area is 179 Å². The molecule has 1 aromatic carbocycles. The second-order valence-electron chi connectivity index (χ2n) is 9.28. The van der Waals surface area contributed by atoms with Crippen molar-refractivity contribution in [3.05, 3.63) is 48.7 Å². The van der Waals surface area contributed by atoms with Gasteiger partial charge in [0.2, 0.25) is 0 Å². The lowest BCUT2D eigenvalue weighted by Gasteiger charge is -2.34. The number of aromatic nitrogens is 2. The van der Waals surface area contributed by atoms with Gasteiger partial charge in [-0.1, -0.05) is 19.9 Å². The van der Waals surface area contributed by atoms with E-state index in [1.54, 1.807) is 0 Å². The van der Waals surface area contributed by atoms with Crippen LogP contribution in [0, 0.1) is 11.8 Å². The first-order chi connectivity index (χ1) is 14.7. The van der Waals surface area contributed by atoms with Crippen LogP contribution in [-0.4, -0.2) is 36.1 Å². The molecule has 0 spiro atoms. The van der Waals surface area contributed by atoms with E-state index >= 15 is 0 Å². The van der Waals surface area contributed by atoms with Crippen LogP contribution >= 0.6 is 0 Å². The first kappa shape index (κ1) is 19.3. The van der Waals surface area contributed by atoms with E-state index in [0.717, 1.165) is 54.9 Å². The van der Waals surface area contributed by atoms with Crippen molar-refractivity contribution in [3.8, 4) is 11.4 Å². The van der Waals surface area contributed by atoms with Gasteiger partial charge in [0.05, 0.1) is 16.9 Å². The van der Waals surface area contributed by atoms with Crippen molar-refractivity contribution in [1.82, 2.24) is 9.97 Å². The van der Waals surface area contributed by atoms with Crippen molar-refractivity contribution in [3.63, 3.8) is 0 Å². The standard InChI is InChI=1S/C26H32N4/c1-19-8-13-29(14-9-19)21-6-7-23-22(17-21)26(30-15-10-20(2)11-16-30)18-25(28-23)24-5-3-4-12-27-24/h3-7,12,17-20H,8-11,13-16H2,1-2H3. The molecule has 0 atom stereocenters. The monoisotopic (exact) mass is 400 g/mol. The van der Waals surface area contributed by atoms with Gasteiger partial charge in [-0.15, -0.1) is 0 Å². The molecular formula is C26H32N4. The number of piperidine rings is 2. The molecule has 0 radical (unpaired) electrons. The number of benzene rings is 1. The van der Waals surface area contributed by atoms with Gasteiger partial charge in [0.15, 0.2) is 0 Å². The van der Waals surface area contributed by atoms with Crippen molar-refractivity contribution in [2.45, 2.75) is 39.5 Å². The molecule has 0 bridgehead atoms. The summed E-state index contributed by atoms with van der Waals surface area (Å²) in [5.74, 6) is 1.66. The summed E-state index contributed by atoms with van der Waals surface area (Å²) < 4.78 is 0. The van der Waals surface area contributed by atoms with Gasteiger partial charge in [-0.25, -0.2) is 4.98 Å². The number of anilines is 2. The molecular weight excluding hydrogens is 368 g/mol. The smallest absolute Gasteiger partial charge is 0.0914 e. The predicted octanol–water partition coefficient (Wildman–Crippen LogP) is 5.77. The Hall–Kier alpha value is -2.62. The average Bonchev–Trinajstić information content (AvgIpc) is 2.80. The number of nitrogens with zero attached hydrogens (tertiary/aromatic N) is 4. The van der Waals surface area contributed by atoms with Gasteiger partial charge in [-0.05, 0) is 73.9 Å². The summed E-state index contributed by atoms with van der Waals surface area (Å²) in [7, 11) is 0. The van der Waals surface area contributed by atoms with Crippen LogP contribution in [0.3, 0.4) is 0 Å². The lowest BCUT2D eigenvalue weighted by Crippen LogP contribution is -2.33. The van der Waals surface area contributed by atoms with Crippen LogP contribution in [0.5, 0.6) is 0 Å². The van der Waals surface area contributed by atoms with Crippen molar-refractivity contribution in [2.24, 2.45) is 11.8 Å². The Bertz CT molecular complexity index is 1000. The summed E-state index contributed by atoms with van der Waals surface area (Å²) in [5.41, 5.74) is 5.64. The van der Waals surface area contributed by atoms with E-state index in [4.69, 9.17) is 4.98 Å². The molecule has 0 N–H and O–H groups in total. The molecule has 0 saturated carbocycles. The first-order valence-electron chi connectivity index (χ1n) is 11.5. The SMILES string of the molecule is CC1CCN(c2ccc3nc(-c4ccccn4)cc(N4CCC(C)CC4)c3c2)CC1. The molecule has 0 aliphatic carbocycles. The second-order valence-corrected chi connectivity index (χ2v) is 9.28. The highest BCUT2D eigenvalue weighted by atomic mass is 15.1. The Morgan fingerprint density at radius 2 is 1.47 bits per heavy atom.